The van der Waals surface area contributed by atoms with E-state index in [4.69, 9.17) is 4.42 Å². The van der Waals surface area contributed by atoms with Gasteiger partial charge in [-0.3, -0.25) is 14.5 Å². The minimum atomic E-state index is -0.846. The van der Waals surface area contributed by atoms with Crippen LogP contribution in [0.5, 0.6) is 0 Å². The molecule has 1 N–H and O–H groups in total. The molecule has 30 heavy (non-hydrogen) atoms. The Morgan fingerprint density at radius 1 is 0.900 bits per heavy atom. The van der Waals surface area contributed by atoms with Crippen LogP contribution in [0.1, 0.15) is 39.8 Å². The summed E-state index contributed by atoms with van der Waals surface area (Å²) < 4.78 is 5.82. The van der Waals surface area contributed by atoms with E-state index in [-0.39, 0.29) is 11.3 Å². The number of nitrogens with zero attached hydrogens (tertiary/aromatic N) is 1. The maximum absolute atomic E-state index is 13.1. The van der Waals surface area contributed by atoms with E-state index >= 15 is 0 Å². The summed E-state index contributed by atoms with van der Waals surface area (Å²) in [7, 11) is 0. The van der Waals surface area contributed by atoms with Crippen molar-refractivity contribution in [1.82, 2.24) is 0 Å². The van der Waals surface area contributed by atoms with E-state index < -0.39 is 17.7 Å². The maximum atomic E-state index is 13.1. The van der Waals surface area contributed by atoms with Gasteiger partial charge in [-0.25, -0.2) is 0 Å². The Balaban J connectivity index is 1.95. The number of carbonyl (C=O) groups excluding carboxylic acids is 2. The fourth-order valence-corrected chi connectivity index (χ4v) is 3.89. The van der Waals surface area contributed by atoms with Gasteiger partial charge in [0.2, 0.25) is 0 Å². The van der Waals surface area contributed by atoms with Gasteiger partial charge in [-0.1, -0.05) is 47.5 Å². The number of Topliss-reactive ketones (excluding diaryl/α,β-unsaturated/α-hetero) is 1. The largest absolute Gasteiger partial charge is 0.507 e. The van der Waals surface area contributed by atoms with Crippen LogP contribution in [-0.4, -0.2) is 16.8 Å². The average molecular weight is 401 g/mol. The lowest BCUT2D eigenvalue weighted by Crippen LogP contribution is -2.30. The van der Waals surface area contributed by atoms with Gasteiger partial charge in [0.15, 0.2) is 0 Å². The first-order chi connectivity index (χ1) is 14.3. The summed E-state index contributed by atoms with van der Waals surface area (Å²) >= 11 is 0. The monoisotopic (exact) mass is 401 g/mol. The Kier molecular flexibility index (Phi) is 4.82. The van der Waals surface area contributed by atoms with Crippen molar-refractivity contribution in [2.24, 2.45) is 0 Å². The highest BCUT2D eigenvalue weighted by Gasteiger charge is 2.48. The van der Waals surface area contributed by atoms with Gasteiger partial charge >= 0.3 is 0 Å². The molecule has 1 aliphatic heterocycles. The molecule has 2 heterocycles. The first-order valence-electron chi connectivity index (χ1n) is 9.79. The number of aliphatic hydroxyl groups is 1. The van der Waals surface area contributed by atoms with Crippen molar-refractivity contribution < 1.29 is 19.1 Å². The zero-order valence-electron chi connectivity index (χ0n) is 17.4. The molecule has 1 amide bonds. The van der Waals surface area contributed by atoms with E-state index in [2.05, 4.69) is 0 Å². The van der Waals surface area contributed by atoms with Gasteiger partial charge in [-0.05, 0) is 51.5 Å². The number of hydrogen-bond acceptors (Lipinski definition) is 4. The number of benzene rings is 2. The number of anilines is 1. The van der Waals surface area contributed by atoms with Crippen molar-refractivity contribution >= 4 is 23.1 Å². The molecule has 152 valence electrons. The first-order valence-corrected chi connectivity index (χ1v) is 9.79. The molecular formula is C25H23NO4. The minimum Gasteiger partial charge on any atom is -0.507 e. The SMILES string of the molecule is Cc1ccc(/C(O)=C2/C(=O)C(=O)N(c3ccc(C)cc3C)C2c2ccc(C)o2)cc1. The molecule has 0 saturated carbocycles. The van der Waals surface area contributed by atoms with Crippen molar-refractivity contribution in [3.63, 3.8) is 0 Å². The Labute approximate surface area is 175 Å². The predicted octanol–water partition coefficient (Wildman–Crippen LogP) is 5.14. The number of rotatable bonds is 3. The van der Waals surface area contributed by atoms with Crippen LogP contribution >= 0.6 is 0 Å². The fraction of sp³-hybridized carbons (Fsp3) is 0.200. The Hall–Kier alpha value is -3.60. The Morgan fingerprint density at radius 2 is 1.57 bits per heavy atom. The molecule has 5 nitrogen and oxygen atoms in total. The summed E-state index contributed by atoms with van der Waals surface area (Å²) in [6.45, 7) is 7.60. The molecule has 0 aliphatic carbocycles. The average Bonchev–Trinajstić information content (AvgIpc) is 3.24. The van der Waals surface area contributed by atoms with E-state index in [1.165, 1.54) is 4.90 Å². The van der Waals surface area contributed by atoms with E-state index in [1.54, 1.807) is 31.2 Å². The number of carbonyl (C=O) groups is 2. The third-order valence-electron chi connectivity index (χ3n) is 5.41. The number of aryl methyl sites for hydroxylation is 4. The van der Waals surface area contributed by atoms with Gasteiger partial charge < -0.3 is 9.52 Å². The third-order valence-corrected chi connectivity index (χ3v) is 5.41. The molecule has 1 saturated heterocycles. The van der Waals surface area contributed by atoms with Gasteiger partial charge in [-0.15, -0.1) is 0 Å². The quantitative estimate of drug-likeness (QED) is 0.375. The summed E-state index contributed by atoms with van der Waals surface area (Å²) in [6.07, 6.45) is 0. The molecule has 1 atom stereocenters. The second-order valence-electron chi connectivity index (χ2n) is 7.77. The van der Waals surface area contributed by atoms with Crippen LogP contribution in [-0.2, 0) is 9.59 Å². The molecule has 4 rings (SSSR count). The minimum absolute atomic E-state index is 0.0261. The second kappa shape index (κ2) is 7.34. The molecule has 5 heteroatoms. The third kappa shape index (κ3) is 3.22. The highest BCUT2D eigenvalue weighted by atomic mass is 16.3. The molecule has 3 aromatic rings. The van der Waals surface area contributed by atoms with E-state index in [9.17, 15) is 14.7 Å². The van der Waals surface area contributed by atoms with Gasteiger partial charge in [0.1, 0.15) is 23.3 Å². The highest BCUT2D eigenvalue weighted by molar-refractivity contribution is 6.51. The van der Waals surface area contributed by atoms with Gasteiger partial charge in [0.05, 0.1) is 5.57 Å². The van der Waals surface area contributed by atoms with E-state index in [0.29, 0.717) is 22.8 Å². The molecule has 1 unspecified atom stereocenters. The second-order valence-corrected chi connectivity index (χ2v) is 7.77. The van der Waals surface area contributed by atoms with Gasteiger partial charge in [-0.2, -0.15) is 0 Å². The van der Waals surface area contributed by atoms with Gasteiger partial charge in [0, 0.05) is 11.3 Å². The van der Waals surface area contributed by atoms with Crippen LogP contribution < -0.4 is 4.90 Å². The summed E-state index contributed by atoms with van der Waals surface area (Å²) in [5.41, 5.74) is 4.06. The number of furan rings is 1. The van der Waals surface area contributed by atoms with Crippen LogP contribution in [0.15, 0.2) is 64.6 Å². The summed E-state index contributed by atoms with van der Waals surface area (Å²) in [6, 6.07) is 15.5. The molecular weight excluding hydrogens is 378 g/mol. The number of ketones is 1. The first kappa shape index (κ1) is 19.7. The Bertz CT molecular complexity index is 1180. The molecule has 0 bridgehead atoms. The van der Waals surface area contributed by atoms with Crippen LogP contribution in [0.25, 0.3) is 5.76 Å². The lowest BCUT2D eigenvalue weighted by atomic mass is 9.98. The zero-order chi connectivity index (χ0) is 21.6. The number of amides is 1. The zero-order valence-corrected chi connectivity index (χ0v) is 17.4. The van der Waals surface area contributed by atoms with Crippen molar-refractivity contribution in [3.05, 3.63) is 93.9 Å². The normalized spacial score (nSPS) is 18.3. The molecule has 1 aromatic heterocycles. The van der Waals surface area contributed by atoms with Crippen molar-refractivity contribution in [3.8, 4) is 0 Å². The van der Waals surface area contributed by atoms with Crippen LogP contribution in [0.4, 0.5) is 5.69 Å². The van der Waals surface area contributed by atoms with Crippen molar-refractivity contribution in [1.29, 1.82) is 0 Å². The van der Waals surface area contributed by atoms with Crippen LogP contribution in [0.3, 0.4) is 0 Å². The topological polar surface area (TPSA) is 70.8 Å². The van der Waals surface area contributed by atoms with E-state index in [0.717, 1.165) is 16.7 Å². The lowest BCUT2D eigenvalue weighted by Gasteiger charge is -2.25. The molecule has 2 aromatic carbocycles. The summed E-state index contributed by atoms with van der Waals surface area (Å²) in [4.78, 5) is 27.6. The maximum Gasteiger partial charge on any atom is 0.300 e. The lowest BCUT2D eigenvalue weighted by molar-refractivity contribution is -0.132. The molecule has 0 radical (unpaired) electrons. The standard InChI is InChI=1S/C25H23NO4/c1-14-5-9-18(10-6-14)23(27)21-22(20-12-8-17(4)30-20)26(25(29)24(21)28)19-11-7-15(2)13-16(19)3/h5-13,22,27H,1-4H3/b23-21-. The van der Waals surface area contributed by atoms with E-state index in [1.807, 2.05) is 51.1 Å². The smallest absolute Gasteiger partial charge is 0.300 e. The molecule has 1 aliphatic rings. The number of hydrogen-bond donors (Lipinski definition) is 1. The van der Waals surface area contributed by atoms with Crippen LogP contribution in [0, 0.1) is 27.7 Å². The van der Waals surface area contributed by atoms with Crippen LogP contribution in [0.2, 0.25) is 0 Å². The Morgan fingerprint density at radius 3 is 2.17 bits per heavy atom. The predicted molar refractivity (Wildman–Crippen MR) is 115 cm³/mol. The summed E-state index contributed by atoms with van der Waals surface area (Å²) in [5, 5.41) is 11.1. The van der Waals surface area contributed by atoms with Crippen molar-refractivity contribution in [2.45, 2.75) is 33.7 Å². The fourth-order valence-electron chi connectivity index (χ4n) is 3.89. The molecule has 0 spiro atoms. The summed E-state index contributed by atoms with van der Waals surface area (Å²) in [5.74, 6) is -0.534. The number of aliphatic hydroxyl groups excluding tert-OH is 1. The van der Waals surface area contributed by atoms with Gasteiger partial charge in [0.25, 0.3) is 11.7 Å². The highest BCUT2D eigenvalue weighted by Crippen LogP contribution is 2.43. The molecule has 1 fully saturated rings. The van der Waals surface area contributed by atoms with Crippen molar-refractivity contribution in [2.75, 3.05) is 4.90 Å².